The molecule has 0 heterocycles. The second kappa shape index (κ2) is 8.15. The van der Waals surface area contributed by atoms with E-state index in [0.717, 1.165) is 12.1 Å². The van der Waals surface area contributed by atoms with E-state index >= 15 is 0 Å². The van der Waals surface area contributed by atoms with Crippen molar-refractivity contribution >= 4 is 17.3 Å². The summed E-state index contributed by atoms with van der Waals surface area (Å²) in [4.78, 5) is 22.3. The molecule has 0 bridgehead atoms. The van der Waals surface area contributed by atoms with E-state index in [9.17, 15) is 28.1 Å². The molecule has 0 aliphatic carbocycles. The van der Waals surface area contributed by atoms with E-state index in [1.54, 1.807) is 13.8 Å². The Labute approximate surface area is 158 Å². The quantitative estimate of drug-likeness (QED) is 0.437. The average Bonchev–Trinajstić information content (AvgIpc) is 2.59. The number of hydrogen-bond acceptors (Lipinski definition) is 5. The largest absolute Gasteiger partial charge is 0.491 e. The van der Waals surface area contributed by atoms with Gasteiger partial charge in [0.15, 0.2) is 0 Å². The zero-order chi connectivity index (χ0) is 21.1. The summed E-state index contributed by atoms with van der Waals surface area (Å²) in [5.41, 5.74) is 3.69. The van der Waals surface area contributed by atoms with Crippen molar-refractivity contribution in [2.75, 3.05) is 5.73 Å². The van der Waals surface area contributed by atoms with Crippen LogP contribution in [0.4, 0.5) is 24.5 Å². The van der Waals surface area contributed by atoms with Gasteiger partial charge in [0, 0.05) is 18.2 Å². The highest BCUT2D eigenvalue weighted by molar-refractivity contribution is 5.95. The maximum atomic E-state index is 13.3. The number of nitrogens with two attached hydrogens (primary N) is 1. The Balaban J connectivity index is 2.23. The first-order valence-corrected chi connectivity index (χ1v) is 8.18. The van der Waals surface area contributed by atoms with Crippen molar-refractivity contribution in [3.05, 3.63) is 63.2 Å². The van der Waals surface area contributed by atoms with Gasteiger partial charge in [-0.05, 0) is 43.7 Å². The zero-order valence-electron chi connectivity index (χ0n) is 15.0. The average molecular weight is 397 g/mol. The van der Waals surface area contributed by atoms with Gasteiger partial charge in [0.05, 0.1) is 16.6 Å². The molecular weight excluding hydrogens is 379 g/mol. The first kappa shape index (κ1) is 21.0. The number of ether oxygens (including phenoxy) is 1. The highest BCUT2D eigenvalue weighted by Gasteiger charge is 2.34. The first-order valence-electron chi connectivity index (χ1n) is 8.18. The molecule has 0 saturated heterocycles. The molecule has 150 valence electrons. The molecule has 2 aromatic carbocycles. The van der Waals surface area contributed by atoms with Crippen LogP contribution >= 0.6 is 0 Å². The van der Waals surface area contributed by atoms with Gasteiger partial charge in [0.1, 0.15) is 11.4 Å². The lowest BCUT2D eigenvalue weighted by Gasteiger charge is -2.17. The lowest BCUT2D eigenvalue weighted by atomic mass is 10.1. The number of rotatable bonds is 6. The van der Waals surface area contributed by atoms with Crippen LogP contribution < -0.4 is 15.8 Å². The third-order valence-electron chi connectivity index (χ3n) is 3.69. The van der Waals surface area contributed by atoms with E-state index < -0.39 is 34.8 Å². The number of anilines is 1. The van der Waals surface area contributed by atoms with Gasteiger partial charge in [-0.1, -0.05) is 6.07 Å². The zero-order valence-corrected chi connectivity index (χ0v) is 15.0. The van der Waals surface area contributed by atoms with Crippen LogP contribution in [-0.4, -0.2) is 16.9 Å². The molecule has 0 radical (unpaired) electrons. The molecule has 0 aromatic heterocycles. The van der Waals surface area contributed by atoms with Gasteiger partial charge in [-0.3, -0.25) is 14.9 Å². The van der Waals surface area contributed by atoms with Crippen molar-refractivity contribution in [2.45, 2.75) is 32.7 Å². The van der Waals surface area contributed by atoms with Gasteiger partial charge in [-0.15, -0.1) is 0 Å². The Morgan fingerprint density at radius 3 is 2.50 bits per heavy atom. The lowest BCUT2D eigenvalue weighted by Crippen LogP contribution is -2.24. The van der Waals surface area contributed by atoms with E-state index in [-0.39, 0.29) is 28.7 Å². The maximum absolute atomic E-state index is 13.3. The molecule has 3 N–H and O–H groups in total. The molecule has 28 heavy (non-hydrogen) atoms. The number of amides is 1. The molecule has 0 aliphatic rings. The van der Waals surface area contributed by atoms with E-state index in [4.69, 9.17) is 10.5 Å². The SMILES string of the molecule is CC(C)Oc1ccc(CNC(=O)c2ccc(N)c([N+](=O)[O-])c2)c(C(F)(F)F)c1. The third kappa shape index (κ3) is 5.12. The molecule has 7 nitrogen and oxygen atoms in total. The minimum absolute atomic E-state index is 0.0616. The van der Waals surface area contributed by atoms with Crippen molar-refractivity contribution in [1.29, 1.82) is 0 Å². The Kier molecular flexibility index (Phi) is 6.12. The predicted molar refractivity (Wildman–Crippen MR) is 95.9 cm³/mol. The minimum Gasteiger partial charge on any atom is -0.491 e. The van der Waals surface area contributed by atoms with Crippen LogP contribution in [0.3, 0.4) is 0 Å². The van der Waals surface area contributed by atoms with Crippen LogP contribution in [0.5, 0.6) is 5.75 Å². The standard InChI is InChI=1S/C18H18F3N3O4/c1-10(2)28-13-5-3-12(14(8-13)18(19,20)21)9-23-17(25)11-4-6-15(22)16(7-11)24(26)27/h3-8,10H,9,22H2,1-2H3,(H,23,25). The highest BCUT2D eigenvalue weighted by Crippen LogP contribution is 2.34. The number of carbonyl (C=O) groups excluding carboxylic acids is 1. The van der Waals surface area contributed by atoms with E-state index in [1.165, 1.54) is 24.3 Å². The lowest BCUT2D eigenvalue weighted by molar-refractivity contribution is -0.383. The normalized spacial score (nSPS) is 11.4. The summed E-state index contributed by atoms with van der Waals surface area (Å²) < 4.78 is 45.3. The molecule has 0 saturated carbocycles. The number of hydrogen-bond donors (Lipinski definition) is 2. The fourth-order valence-corrected chi connectivity index (χ4v) is 2.44. The third-order valence-corrected chi connectivity index (χ3v) is 3.69. The van der Waals surface area contributed by atoms with Gasteiger partial charge < -0.3 is 15.8 Å². The number of alkyl halides is 3. The van der Waals surface area contributed by atoms with Crippen molar-refractivity contribution in [3.63, 3.8) is 0 Å². The second-order valence-corrected chi connectivity index (χ2v) is 6.20. The van der Waals surface area contributed by atoms with E-state index in [2.05, 4.69) is 5.32 Å². The summed E-state index contributed by atoms with van der Waals surface area (Å²) in [5, 5.41) is 13.2. The Morgan fingerprint density at radius 1 is 1.25 bits per heavy atom. The molecule has 0 unspecified atom stereocenters. The van der Waals surface area contributed by atoms with Crippen molar-refractivity contribution in [2.24, 2.45) is 0 Å². The summed E-state index contributed by atoms with van der Waals surface area (Å²) in [5.74, 6) is -0.703. The molecular formula is C18H18F3N3O4. The number of nitrogen functional groups attached to an aromatic ring is 1. The number of nitrogens with zero attached hydrogens (tertiary/aromatic N) is 1. The molecule has 0 atom stereocenters. The number of nitro benzene ring substituents is 1. The number of benzene rings is 2. The van der Waals surface area contributed by atoms with Crippen molar-refractivity contribution in [3.8, 4) is 5.75 Å². The Bertz CT molecular complexity index is 898. The summed E-state index contributed by atoms with van der Waals surface area (Å²) in [6, 6.07) is 6.87. The Hall–Kier alpha value is -3.30. The van der Waals surface area contributed by atoms with E-state index in [0.29, 0.717) is 0 Å². The first-order chi connectivity index (χ1) is 13.0. The maximum Gasteiger partial charge on any atom is 0.416 e. The number of halogens is 3. The van der Waals surface area contributed by atoms with Gasteiger partial charge in [-0.2, -0.15) is 13.2 Å². The molecule has 10 heteroatoms. The van der Waals surface area contributed by atoms with Crippen LogP contribution in [0, 0.1) is 10.1 Å². The smallest absolute Gasteiger partial charge is 0.416 e. The number of carbonyl (C=O) groups is 1. The highest BCUT2D eigenvalue weighted by atomic mass is 19.4. The van der Waals surface area contributed by atoms with Crippen LogP contribution in [0.1, 0.15) is 35.3 Å². The van der Waals surface area contributed by atoms with E-state index in [1.807, 2.05) is 0 Å². The van der Waals surface area contributed by atoms with Gasteiger partial charge in [0.25, 0.3) is 11.6 Å². The fourth-order valence-electron chi connectivity index (χ4n) is 2.44. The number of nitro groups is 1. The van der Waals surface area contributed by atoms with Crippen molar-refractivity contribution < 1.29 is 27.6 Å². The topological polar surface area (TPSA) is 107 Å². The summed E-state index contributed by atoms with van der Waals surface area (Å²) >= 11 is 0. The molecule has 2 rings (SSSR count). The second-order valence-electron chi connectivity index (χ2n) is 6.20. The van der Waals surface area contributed by atoms with Crippen LogP contribution in [0.15, 0.2) is 36.4 Å². The van der Waals surface area contributed by atoms with Gasteiger partial charge >= 0.3 is 6.18 Å². The van der Waals surface area contributed by atoms with Gasteiger partial charge in [-0.25, -0.2) is 0 Å². The van der Waals surface area contributed by atoms with Crippen molar-refractivity contribution in [1.82, 2.24) is 5.32 Å². The monoisotopic (exact) mass is 397 g/mol. The summed E-state index contributed by atoms with van der Waals surface area (Å²) in [7, 11) is 0. The molecule has 0 fully saturated rings. The van der Waals surface area contributed by atoms with Crippen LogP contribution in [0.2, 0.25) is 0 Å². The molecule has 0 spiro atoms. The fraction of sp³-hybridized carbons (Fsp3) is 0.278. The summed E-state index contributed by atoms with van der Waals surface area (Å²) in [6.07, 6.45) is -4.94. The van der Waals surface area contributed by atoms with Crippen LogP contribution in [-0.2, 0) is 12.7 Å². The summed E-state index contributed by atoms with van der Waals surface area (Å²) in [6.45, 7) is 2.95. The molecule has 0 aliphatic heterocycles. The van der Waals surface area contributed by atoms with Gasteiger partial charge in [0.2, 0.25) is 0 Å². The number of nitrogens with one attached hydrogen (secondary N) is 1. The Morgan fingerprint density at radius 2 is 1.93 bits per heavy atom. The molecule has 1 amide bonds. The minimum atomic E-state index is -4.64. The predicted octanol–water partition coefficient (Wildman–Crippen LogP) is 3.91. The van der Waals surface area contributed by atoms with Crippen LogP contribution in [0.25, 0.3) is 0 Å². The molecule has 2 aromatic rings.